The minimum Gasteiger partial charge on any atom is -0.319 e. The van der Waals surface area contributed by atoms with Gasteiger partial charge in [0.15, 0.2) is 0 Å². The van der Waals surface area contributed by atoms with E-state index >= 15 is 0 Å². The Morgan fingerprint density at radius 2 is 1.65 bits per heavy atom. The molecule has 0 aliphatic carbocycles. The molecule has 2 aromatic rings. The number of hydrogen-bond acceptors (Lipinski definition) is 2. The van der Waals surface area contributed by atoms with Crippen LogP contribution in [0.5, 0.6) is 0 Å². The van der Waals surface area contributed by atoms with E-state index < -0.39 is 5.54 Å². The van der Waals surface area contributed by atoms with E-state index in [1.807, 2.05) is 62.4 Å². The minimum atomic E-state index is -1.01. The topological polar surface area (TPSA) is 49.4 Å². The van der Waals surface area contributed by atoms with Gasteiger partial charge in [0, 0.05) is 0 Å². The van der Waals surface area contributed by atoms with Gasteiger partial charge in [-0.25, -0.2) is 4.79 Å². The average Bonchev–Trinajstić information content (AvgIpc) is 2.74. The van der Waals surface area contributed by atoms with E-state index in [0.717, 1.165) is 22.3 Å². The molecule has 1 heterocycles. The van der Waals surface area contributed by atoms with Gasteiger partial charge in [0.25, 0.3) is 5.91 Å². The van der Waals surface area contributed by atoms with E-state index in [1.54, 1.807) is 6.92 Å². The number of carbonyl (C=O) groups is 2. The number of amides is 3. The summed E-state index contributed by atoms with van der Waals surface area (Å²) in [6.07, 6.45) is 0. The second-order valence-corrected chi connectivity index (χ2v) is 6.24. The molecule has 0 aromatic heterocycles. The maximum atomic E-state index is 12.9. The summed E-state index contributed by atoms with van der Waals surface area (Å²) in [5, 5.41) is 2.84. The number of aryl methyl sites for hydroxylation is 2. The smallest absolute Gasteiger partial charge is 0.319 e. The monoisotopic (exact) mass is 308 g/mol. The van der Waals surface area contributed by atoms with Gasteiger partial charge in [-0.2, -0.15) is 0 Å². The third kappa shape index (κ3) is 2.61. The maximum absolute atomic E-state index is 12.9. The van der Waals surface area contributed by atoms with Gasteiger partial charge in [-0.05, 0) is 37.5 Å². The van der Waals surface area contributed by atoms with Crippen molar-refractivity contribution in [1.29, 1.82) is 0 Å². The average molecular weight is 308 g/mol. The number of rotatable bonds is 3. The first kappa shape index (κ1) is 15.3. The van der Waals surface area contributed by atoms with Gasteiger partial charge in [-0.3, -0.25) is 9.69 Å². The second kappa shape index (κ2) is 5.54. The van der Waals surface area contributed by atoms with Gasteiger partial charge < -0.3 is 5.32 Å². The second-order valence-electron chi connectivity index (χ2n) is 6.24. The van der Waals surface area contributed by atoms with Crippen molar-refractivity contribution in [2.45, 2.75) is 32.9 Å². The summed E-state index contributed by atoms with van der Waals surface area (Å²) in [5.74, 6) is -0.213. The van der Waals surface area contributed by atoms with Crippen LogP contribution in [0.4, 0.5) is 4.79 Å². The molecule has 0 unspecified atom stereocenters. The summed E-state index contributed by atoms with van der Waals surface area (Å²) in [4.78, 5) is 26.5. The number of imide groups is 1. The summed E-state index contributed by atoms with van der Waals surface area (Å²) >= 11 is 0. The lowest BCUT2D eigenvalue weighted by Gasteiger charge is -2.22. The first-order valence-corrected chi connectivity index (χ1v) is 7.67. The normalized spacial score (nSPS) is 20.7. The fourth-order valence-corrected chi connectivity index (χ4v) is 2.88. The summed E-state index contributed by atoms with van der Waals surface area (Å²) in [7, 11) is 0. The van der Waals surface area contributed by atoms with Crippen LogP contribution >= 0.6 is 0 Å². The van der Waals surface area contributed by atoms with Gasteiger partial charge in [-0.15, -0.1) is 0 Å². The van der Waals surface area contributed by atoms with E-state index in [1.165, 1.54) is 4.90 Å². The van der Waals surface area contributed by atoms with E-state index in [0.29, 0.717) is 6.54 Å². The third-order valence-corrected chi connectivity index (χ3v) is 4.49. The summed E-state index contributed by atoms with van der Waals surface area (Å²) in [5.41, 5.74) is 2.95. The van der Waals surface area contributed by atoms with Gasteiger partial charge in [0.1, 0.15) is 5.54 Å². The molecule has 1 N–H and O–H groups in total. The Hall–Kier alpha value is -2.62. The minimum absolute atomic E-state index is 0.213. The number of nitrogens with zero attached hydrogens (tertiary/aromatic N) is 1. The molecule has 3 rings (SSSR count). The predicted octanol–water partition coefficient (Wildman–Crippen LogP) is 3.27. The van der Waals surface area contributed by atoms with Gasteiger partial charge in [-0.1, -0.05) is 54.1 Å². The number of nitrogens with one attached hydrogen (secondary N) is 1. The largest absolute Gasteiger partial charge is 0.325 e. The van der Waals surface area contributed by atoms with E-state index in [9.17, 15) is 9.59 Å². The number of urea groups is 1. The molecule has 4 heteroatoms. The number of benzene rings is 2. The molecule has 1 aliphatic heterocycles. The van der Waals surface area contributed by atoms with Gasteiger partial charge in [0.2, 0.25) is 0 Å². The molecule has 0 spiro atoms. The zero-order valence-corrected chi connectivity index (χ0v) is 13.6. The fraction of sp³-hybridized carbons (Fsp3) is 0.263. The van der Waals surface area contributed by atoms with Crippen molar-refractivity contribution in [3.63, 3.8) is 0 Å². The van der Waals surface area contributed by atoms with Crippen molar-refractivity contribution in [3.05, 3.63) is 70.8 Å². The quantitative estimate of drug-likeness (QED) is 0.885. The number of hydrogen-bond donors (Lipinski definition) is 1. The highest BCUT2D eigenvalue weighted by Crippen LogP contribution is 2.30. The van der Waals surface area contributed by atoms with E-state index in [4.69, 9.17) is 0 Å². The van der Waals surface area contributed by atoms with Crippen LogP contribution in [-0.2, 0) is 16.9 Å². The molecule has 0 bridgehead atoms. The highest BCUT2D eigenvalue weighted by molar-refractivity contribution is 6.07. The lowest BCUT2D eigenvalue weighted by Crippen LogP contribution is -2.40. The van der Waals surface area contributed by atoms with Crippen LogP contribution in [-0.4, -0.2) is 16.8 Å². The van der Waals surface area contributed by atoms with Crippen molar-refractivity contribution in [2.24, 2.45) is 0 Å². The van der Waals surface area contributed by atoms with Crippen LogP contribution < -0.4 is 5.32 Å². The Morgan fingerprint density at radius 1 is 1.00 bits per heavy atom. The fourth-order valence-electron chi connectivity index (χ4n) is 2.88. The lowest BCUT2D eigenvalue weighted by atomic mass is 9.91. The Labute approximate surface area is 136 Å². The van der Waals surface area contributed by atoms with Gasteiger partial charge in [0.05, 0.1) is 6.54 Å². The molecule has 118 valence electrons. The molecule has 3 amide bonds. The van der Waals surface area contributed by atoms with Crippen LogP contribution in [0.1, 0.15) is 29.2 Å². The zero-order valence-electron chi connectivity index (χ0n) is 13.6. The number of carbonyl (C=O) groups excluding carboxylic acids is 2. The molecule has 0 radical (unpaired) electrons. The Bertz CT molecular complexity index is 767. The summed E-state index contributed by atoms with van der Waals surface area (Å²) in [6, 6.07) is 15.1. The van der Waals surface area contributed by atoms with Gasteiger partial charge >= 0.3 is 6.03 Å². The molecule has 1 atom stereocenters. The molecule has 1 aliphatic rings. The Balaban J connectivity index is 1.90. The van der Waals surface area contributed by atoms with Crippen LogP contribution in [0.3, 0.4) is 0 Å². The maximum Gasteiger partial charge on any atom is 0.325 e. The van der Waals surface area contributed by atoms with Crippen molar-refractivity contribution in [3.8, 4) is 0 Å². The van der Waals surface area contributed by atoms with E-state index in [-0.39, 0.29) is 11.9 Å². The van der Waals surface area contributed by atoms with Crippen molar-refractivity contribution < 1.29 is 9.59 Å². The van der Waals surface area contributed by atoms with Crippen LogP contribution in [0.15, 0.2) is 48.5 Å². The molecule has 1 saturated heterocycles. The Morgan fingerprint density at radius 3 is 2.30 bits per heavy atom. The van der Waals surface area contributed by atoms with E-state index in [2.05, 4.69) is 5.32 Å². The Kier molecular flexibility index (Phi) is 3.68. The molecular formula is C19H20N2O2. The summed E-state index contributed by atoms with van der Waals surface area (Å²) in [6.45, 7) is 6.02. The lowest BCUT2D eigenvalue weighted by molar-refractivity contribution is -0.131. The molecule has 23 heavy (non-hydrogen) atoms. The van der Waals surface area contributed by atoms with Crippen LogP contribution in [0.25, 0.3) is 0 Å². The first-order chi connectivity index (χ1) is 10.9. The first-order valence-electron chi connectivity index (χ1n) is 7.67. The highest BCUT2D eigenvalue weighted by atomic mass is 16.2. The zero-order chi connectivity index (χ0) is 16.6. The van der Waals surface area contributed by atoms with Crippen LogP contribution in [0, 0.1) is 13.8 Å². The standard InChI is InChI=1S/C19H20N2O2/c1-13-8-10-16(11-9-13)19(3)17(22)21(18(23)20-19)12-15-7-5-4-6-14(15)2/h4-11H,12H2,1-3H3,(H,20,23)/t19-/m0/s1. The third-order valence-electron chi connectivity index (χ3n) is 4.49. The highest BCUT2D eigenvalue weighted by Gasteiger charge is 2.48. The molecular weight excluding hydrogens is 288 g/mol. The SMILES string of the molecule is Cc1ccc([C@]2(C)NC(=O)N(Cc3ccccc3C)C2=O)cc1. The van der Waals surface area contributed by atoms with Crippen molar-refractivity contribution >= 4 is 11.9 Å². The molecule has 0 saturated carbocycles. The van der Waals surface area contributed by atoms with Crippen LogP contribution in [0.2, 0.25) is 0 Å². The molecule has 1 fully saturated rings. The predicted molar refractivity (Wildman–Crippen MR) is 88.8 cm³/mol. The molecule has 4 nitrogen and oxygen atoms in total. The summed E-state index contributed by atoms with van der Waals surface area (Å²) < 4.78 is 0. The van der Waals surface area contributed by atoms with Crippen molar-refractivity contribution in [1.82, 2.24) is 10.2 Å². The van der Waals surface area contributed by atoms with Crippen molar-refractivity contribution in [2.75, 3.05) is 0 Å². The molecule has 2 aromatic carbocycles.